The normalized spacial score (nSPS) is 32.6. The smallest absolute Gasteiger partial charge is 0.0801 e. The summed E-state index contributed by atoms with van der Waals surface area (Å²) >= 11 is 0. The largest absolute Gasteiger partial charge is 0.352 e. The van der Waals surface area contributed by atoms with Crippen LogP contribution < -0.4 is 9.80 Å². The van der Waals surface area contributed by atoms with Crippen LogP contribution in [0.4, 0.5) is 11.4 Å². The van der Waals surface area contributed by atoms with E-state index in [4.69, 9.17) is 0 Å². The fraction of sp³-hybridized carbons (Fsp3) is 0.526. The molecule has 1 aliphatic carbocycles. The molecular weight excluding hydrogens is 512 g/mol. The minimum atomic E-state index is 0.358. The Labute approximate surface area is 255 Å². The molecule has 1 saturated carbocycles. The van der Waals surface area contributed by atoms with Gasteiger partial charge in [-0.3, -0.25) is 9.80 Å². The third kappa shape index (κ3) is 4.95. The van der Waals surface area contributed by atoms with Crippen molar-refractivity contribution >= 4 is 11.4 Å². The van der Waals surface area contributed by atoms with E-state index in [9.17, 15) is 0 Å². The summed E-state index contributed by atoms with van der Waals surface area (Å²) in [7, 11) is 2.28. The maximum absolute atomic E-state index is 2.84. The lowest BCUT2D eigenvalue weighted by Crippen LogP contribution is -2.46. The topological polar surface area (TPSA) is 13.0 Å². The molecule has 224 valence electrons. The number of rotatable bonds is 5. The Kier molecular flexibility index (Phi) is 8.15. The quantitative estimate of drug-likeness (QED) is 0.308. The van der Waals surface area contributed by atoms with E-state index in [0.717, 1.165) is 0 Å². The van der Waals surface area contributed by atoms with E-state index in [1.54, 1.807) is 5.56 Å². The Bertz CT molecular complexity index is 1360. The fourth-order valence-corrected chi connectivity index (χ4v) is 8.99. The van der Waals surface area contributed by atoms with Gasteiger partial charge in [-0.1, -0.05) is 60.7 Å². The lowest BCUT2D eigenvalue weighted by Gasteiger charge is -2.40. The molecule has 2 heterocycles. The van der Waals surface area contributed by atoms with Crippen LogP contribution in [0.5, 0.6) is 0 Å². The summed E-state index contributed by atoms with van der Waals surface area (Å²) in [6.45, 7) is 16.6. The molecule has 4 heteroatoms. The highest BCUT2D eigenvalue weighted by Crippen LogP contribution is 2.44. The molecule has 6 rings (SSSR count). The molecule has 2 saturated heterocycles. The van der Waals surface area contributed by atoms with Gasteiger partial charge in [-0.05, 0) is 122 Å². The third-order valence-electron chi connectivity index (χ3n) is 11.4. The monoisotopic (exact) mass is 564 g/mol. The Morgan fingerprint density at radius 3 is 1.86 bits per heavy atom. The van der Waals surface area contributed by atoms with Gasteiger partial charge >= 0.3 is 0 Å². The second kappa shape index (κ2) is 11.7. The number of hydrogen-bond acceptors (Lipinski definition) is 4. The zero-order chi connectivity index (χ0) is 29.7. The molecule has 0 N–H and O–H groups in total. The maximum atomic E-state index is 2.84. The van der Waals surface area contributed by atoms with Crippen molar-refractivity contribution < 1.29 is 0 Å². The van der Waals surface area contributed by atoms with Gasteiger partial charge in [0.15, 0.2) is 0 Å². The van der Waals surface area contributed by atoms with Gasteiger partial charge in [-0.15, -0.1) is 0 Å². The first-order valence-corrected chi connectivity index (χ1v) is 16.5. The summed E-state index contributed by atoms with van der Waals surface area (Å²) < 4.78 is 0. The van der Waals surface area contributed by atoms with Gasteiger partial charge in [0.2, 0.25) is 0 Å². The van der Waals surface area contributed by atoms with Crippen molar-refractivity contribution in [1.82, 2.24) is 9.80 Å². The number of para-hydroxylation sites is 1. The molecule has 42 heavy (non-hydrogen) atoms. The summed E-state index contributed by atoms with van der Waals surface area (Å²) in [4.78, 5) is 10.7. The van der Waals surface area contributed by atoms with Crippen LogP contribution in [0.25, 0.3) is 0 Å². The van der Waals surface area contributed by atoms with Crippen LogP contribution in [0.1, 0.15) is 94.5 Å². The Morgan fingerprint density at radius 2 is 1.19 bits per heavy atom. The van der Waals surface area contributed by atoms with E-state index < -0.39 is 0 Å². The van der Waals surface area contributed by atoms with Gasteiger partial charge in [0.05, 0.1) is 18.4 Å². The lowest BCUT2D eigenvalue weighted by atomic mass is 9.80. The summed E-state index contributed by atoms with van der Waals surface area (Å²) in [6, 6.07) is 29.9. The van der Waals surface area contributed by atoms with Gasteiger partial charge in [0.25, 0.3) is 0 Å². The molecule has 3 fully saturated rings. The molecule has 0 spiro atoms. The number of benzene rings is 3. The zero-order valence-electron chi connectivity index (χ0n) is 27.2. The lowest BCUT2D eigenvalue weighted by molar-refractivity contribution is 0.106. The predicted octanol–water partition coefficient (Wildman–Crippen LogP) is 8.50. The van der Waals surface area contributed by atoms with Crippen LogP contribution in [0.2, 0.25) is 0 Å². The van der Waals surface area contributed by atoms with Crippen molar-refractivity contribution in [2.24, 2.45) is 0 Å². The summed E-state index contributed by atoms with van der Waals surface area (Å²) in [5, 5.41) is 0. The molecule has 2 aliphatic heterocycles. The molecule has 6 atom stereocenters. The molecule has 4 unspecified atom stereocenters. The highest BCUT2D eigenvalue weighted by atomic mass is 15.5. The number of nitrogens with zero attached hydrogens (tertiary/aromatic N) is 4. The molecule has 4 nitrogen and oxygen atoms in total. The number of likely N-dealkylation sites (N-methyl/N-ethyl adjacent to an activating group) is 1. The predicted molar refractivity (Wildman–Crippen MR) is 178 cm³/mol. The first-order chi connectivity index (χ1) is 20.2. The van der Waals surface area contributed by atoms with Crippen molar-refractivity contribution in [3.05, 3.63) is 95.1 Å². The van der Waals surface area contributed by atoms with Crippen LogP contribution in [0.3, 0.4) is 0 Å². The standard InChI is InChI=1S/C38H52N4/c1-25-14-12-13-17-36(25)41-28(4)27(3)40(31(41)7)35-21-18-32(19-22-35)34-20-23-37(26(2)24-34)42-29(5)38(39(8)30(42)6)33-15-10-9-11-16-33/h9-17,20,23-24,27-32,35,38H,18-19,21-22H2,1-8H3/t27?,28-,29-,30?,31?,32?,35?,38?/m0/s1. The van der Waals surface area contributed by atoms with E-state index in [1.165, 1.54) is 53.7 Å². The number of aryl methyl sites for hydroxylation is 2. The van der Waals surface area contributed by atoms with Crippen LogP contribution in [-0.4, -0.2) is 53.3 Å². The molecular formula is C38H52N4. The molecule has 0 aromatic heterocycles. The second-order valence-electron chi connectivity index (χ2n) is 13.6. The second-order valence-corrected chi connectivity index (χ2v) is 13.6. The Morgan fingerprint density at radius 1 is 0.571 bits per heavy atom. The van der Waals surface area contributed by atoms with Crippen LogP contribution in [-0.2, 0) is 0 Å². The summed E-state index contributed by atoms with van der Waals surface area (Å²) in [6.07, 6.45) is 5.94. The van der Waals surface area contributed by atoms with Crippen LogP contribution in [0.15, 0.2) is 72.8 Å². The SMILES string of the molecule is Cc1cc(C2CCC(N3C(C)[C@H](C)N(c4ccccc4C)C3C)CC2)ccc1N1C(C)N(C)C(c2ccccc2)[C@@H]1C. The van der Waals surface area contributed by atoms with E-state index >= 15 is 0 Å². The van der Waals surface area contributed by atoms with E-state index in [1.807, 2.05) is 0 Å². The van der Waals surface area contributed by atoms with Crippen LogP contribution in [0, 0.1) is 13.8 Å². The van der Waals surface area contributed by atoms with E-state index in [-0.39, 0.29) is 0 Å². The van der Waals surface area contributed by atoms with Crippen LogP contribution >= 0.6 is 0 Å². The maximum Gasteiger partial charge on any atom is 0.0801 e. The number of anilines is 2. The fourth-order valence-electron chi connectivity index (χ4n) is 8.99. The third-order valence-corrected chi connectivity index (χ3v) is 11.4. The van der Waals surface area contributed by atoms with Crippen molar-refractivity contribution in [1.29, 1.82) is 0 Å². The molecule has 0 amide bonds. The molecule has 0 radical (unpaired) electrons. The van der Waals surface area contributed by atoms with Gasteiger partial charge in [0.1, 0.15) is 0 Å². The molecule has 3 aromatic carbocycles. The van der Waals surface area contributed by atoms with E-state index in [2.05, 4.69) is 148 Å². The minimum Gasteiger partial charge on any atom is -0.352 e. The van der Waals surface area contributed by atoms with Crippen molar-refractivity contribution in [3.63, 3.8) is 0 Å². The van der Waals surface area contributed by atoms with Crippen molar-refractivity contribution in [2.75, 3.05) is 16.8 Å². The van der Waals surface area contributed by atoms with Gasteiger partial charge in [-0.2, -0.15) is 0 Å². The average molecular weight is 565 g/mol. The summed E-state index contributed by atoms with van der Waals surface area (Å²) in [5.74, 6) is 0.667. The molecule has 3 aliphatic rings. The summed E-state index contributed by atoms with van der Waals surface area (Å²) in [5.41, 5.74) is 8.54. The Hall–Kier alpha value is -2.82. The molecule has 0 bridgehead atoms. The molecule has 3 aromatic rings. The zero-order valence-corrected chi connectivity index (χ0v) is 27.2. The van der Waals surface area contributed by atoms with Crippen molar-refractivity contribution in [3.8, 4) is 0 Å². The highest BCUT2D eigenvalue weighted by Gasteiger charge is 2.45. The average Bonchev–Trinajstić information content (AvgIpc) is 3.35. The van der Waals surface area contributed by atoms with Crippen molar-refractivity contribution in [2.45, 2.75) is 123 Å². The number of hydrogen-bond donors (Lipinski definition) is 0. The van der Waals surface area contributed by atoms with Gasteiger partial charge < -0.3 is 9.80 Å². The minimum absolute atomic E-state index is 0.358. The first-order valence-electron chi connectivity index (χ1n) is 16.5. The van der Waals surface area contributed by atoms with Gasteiger partial charge in [-0.25, -0.2) is 0 Å². The first kappa shape index (κ1) is 29.3. The van der Waals surface area contributed by atoms with Gasteiger partial charge in [0, 0.05) is 35.5 Å². The van der Waals surface area contributed by atoms with E-state index in [0.29, 0.717) is 48.5 Å². The Balaban J connectivity index is 1.14. The highest BCUT2D eigenvalue weighted by molar-refractivity contribution is 5.58.